The molecule has 5 N–H and O–H groups in total. The summed E-state index contributed by atoms with van der Waals surface area (Å²) in [6, 6.07) is 0.422. The molecule has 3 aliphatic heterocycles. The van der Waals surface area contributed by atoms with Crippen LogP contribution in [-0.4, -0.2) is 82.2 Å². The normalized spacial score (nSPS) is 21.8. The monoisotopic (exact) mass is 581 g/mol. The maximum atomic E-state index is 16.5. The summed E-state index contributed by atoms with van der Waals surface area (Å²) in [5.41, 5.74) is -0.0645. The van der Waals surface area contributed by atoms with Gasteiger partial charge in [0.1, 0.15) is 34.3 Å². The van der Waals surface area contributed by atoms with Crippen LogP contribution in [0.3, 0.4) is 0 Å². The van der Waals surface area contributed by atoms with E-state index in [0.29, 0.717) is 38.7 Å². The van der Waals surface area contributed by atoms with E-state index in [-0.39, 0.29) is 34.6 Å². The van der Waals surface area contributed by atoms with Gasteiger partial charge in [0.15, 0.2) is 5.82 Å². The number of nitrogens with two attached hydrogens (primary N) is 1. The zero-order chi connectivity index (χ0) is 29.4. The van der Waals surface area contributed by atoms with E-state index in [9.17, 15) is 27.8 Å². The number of aliphatic hydroxyl groups is 2. The lowest BCUT2D eigenvalue weighted by molar-refractivity contribution is -0.137. The summed E-state index contributed by atoms with van der Waals surface area (Å²) in [5.74, 6) is -2.37. The third-order valence-electron chi connectivity index (χ3n) is 8.38. The van der Waals surface area contributed by atoms with Crippen molar-refractivity contribution in [1.82, 2.24) is 20.3 Å². The molecule has 1 aromatic carbocycles. The number of nitrogen functional groups attached to an aromatic ring is 1. The predicted octanol–water partition coefficient (Wildman–Crippen LogP) is 2.37. The lowest BCUT2D eigenvalue weighted by Crippen LogP contribution is -2.65. The number of nitrogens with zero attached hydrogens (tertiary/aromatic N) is 5. The Morgan fingerprint density at radius 2 is 1.88 bits per heavy atom. The number of piperazine rings is 1. The molecule has 41 heavy (non-hydrogen) atoms. The van der Waals surface area contributed by atoms with Crippen molar-refractivity contribution in [2.75, 3.05) is 54.9 Å². The van der Waals surface area contributed by atoms with Crippen LogP contribution in [0.4, 0.5) is 39.4 Å². The van der Waals surface area contributed by atoms with Gasteiger partial charge < -0.3 is 35.8 Å². The first-order valence-electron chi connectivity index (χ1n) is 13.1. The van der Waals surface area contributed by atoms with Gasteiger partial charge in [0.2, 0.25) is 11.8 Å². The van der Waals surface area contributed by atoms with Crippen LogP contribution >= 0.6 is 0 Å². The fourth-order valence-corrected chi connectivity index (χ4v) is 5.97. The standard InChI is InChI=1S/C26H28F5N7O3/c1-11-17(26(29,30)31)13(7-14(32)18(11)27)20-19(28)21-16-22(36-24(35-21)38-5-3-25(38,9-39)10-40)37-6-4-33-8-15(37)12(2)41-23(16)34-20/h7,12,15,33,39-40H,3-6,8-10,32H2,1-2H3/t12-,15-/m0/s1. The fraction of sp³-hybridized carbons (Fsp3) is 0.500. The average Bonchev–Trinajstić information content (AvgIpc) is 3.03. The van der Waals surface area contributed by atoms with Gasteiger partial charge in [-0.2, -0.15) is 18.2 Å². The maximum Gasteiger partial charge on any atom is 0.417 e. The van der Waals surface area contributed by atoms with E-state index in [1.54, 1.807) is 11.8 Å². The number of benzene rings is 1. The van der Waals surface area contributed by atoms with Gasteiger partial charge in [0, 0.05) is 31.7 Å². The molecule has 0 saturated carbocycles. The number of ether oxygens (including phenoxy) is 1. The Bertz CT molecular complexity index is 1540. The number of fused-ring (bicyclic) bond motifs is 2. The zero-order valence-electron chi connectivity index (χ0n) is 22.2. The first kappa shape index (κ1) is 27.6. The highest BCUT2D eigenvalue weighted by molar-refractivity contribution is 5.98. The molecule has 0 radical (unpaired) electrons. The highest BCUT2D eigenvalue weighted by Crippen LogP contribution is 2.47. The second kappa shape index (κ2) is 9.49. The Morgan fingerprint density at radius 1 is 1.15 bits per heavy atom. The zero-order valence-corrected chi connectivity index (χ0v) is 22.2. The van der Waals surface area contributed by atoms with E-state index >= 15 is 4.39 Å². The molecule has 6 rings (SSSR count). The van der Waals surface area contributed by atoms with E-state index in [4.69, 9.17) is 15.5 Å². The molecule has 0 aliphatic carbocycles. The predicted molar refractivity (Wildman–Crippen MR) is 140 cm³/mol. The van der Waals surface area contributed by atoms with Gasteiger partial charge in [-0.05, 0) is 31.9 Å². The van der Waals surface area contributed by atoms with Gasteiger partial charge in [-0.3, -0.25) is 0 Å². The number of halogens is 5. The molecule has 220 valence electrons. The first-order chi connectivity index (χ1) is 19.4. The Morgan fingerprint density at radius 3 is 2.51 bits per heavy atom. The number of hydrogen-bond acceptors (Lipinski definition) is 10. The number of aliphatic hydroxyl groups excluding tert-OH is 2. The minimum absolute atomic E-state index is 0.0125. The Labute approximate surface area is 230 Å². The van der Waals surface area contributed by atoms with E-state index in [1.807, 2.05) is 4.90 Å². The van der Waals surface area contributed by atoms with Crippen molar-refractivity contribution in [3.8, 4) is 17.1 Å². The van der Waals surface area contributed by atoms with Crippen molar-refractivity contribution in [3.05, 3.63) is 28.8 Å². The smallest absolute Gasteiger partial charge is 0.417 e. The lowest BCUT2D eigenvalue weighted by Gasteiger charge is -2.51. The van der Waals surface area contributed by atoms with Crippen molar-refractivity contribution >= 4 is 28.4 Å². The molecule has 3 aliphatic rings. The molecule has 10 nitrogen and oxygen atoms in total. The van der Waals surface area contributed by atoms with Crippen molar-refractivity contribution in [3.63, 3.8) is 0 Å². The Kier molecular flexibility index (Phi) is 6.39. The highest BCUT2D eigenvalue weighted by atomic mass is 19.4. The molecule has 5 heterocycles. The molecule has 0 amide bonds. The molecule has 2 aromatic heterocycles. The molecule has 15 heteroatoms. The number of alkyl halides is 3. The van der Waals surface area contributed by atoms with Crippen LogP contribution in [0.5, 0.6) is 5.88 Å². The molecule has 3 aromatic rings. The minimum atomic E-state index is -5.06. The lowest BCUT2D eigenvalue weighted by atomic mass is 9.86. The van der Waals surface area contributed by atoms with Crippen LogP contribution in [0.2, 0.25) is 0 Å². The number of rotatable bonds is 4. The Balaban J connectivity index is 1.68. The summed E-state index contributed by atoms with van der Waals surface area (Å²) < 4.78 is 79.9. The van der Waals surface area contributed by atoms with Gasteiger partial charge in [0.05, 0.1) is 36.0 Å². The molecule has 0 spiro atoms. The second-order valence-corrected chi connectivity index (χ2v) is 10.7. The molecular formula is C26H28F5N7O3. The molecule has 0 bridgehead atoms. The summed E-state index contributed by atoms with van der Waals surface area (Å²) in [6.45, 7) is 3.72. The largest absolute Gasteiger partial charge is 0.472 e. The number of anilines is 3. The summed E-state index contributed by atoms with van der Waals surface area (Å²) in [5, 5.41) is 23.4. The topological polar surface area (TPSA) is 133 Å². The third kappa shape index (κ3) is 4.04. The Hall–Kier alpha value is -3.56. The van der Waals surface area contributed by atoms with Crippen LogP contribution in [-0.2, 0) is 6.18 Å². The number of nitrogens with one attached hydrogen (secondary N) is 1. The minimum Gasteiger partial charge on any atom is -0.472 e. The van der Waals surface area contributed by atoms with Crippen molar-refractivity contribution in [2.24, 2.45) is 0 Å². The van der Waals surface area contributed by atoms with Crippen LogP contribution < -0.4 is 25.6 Å². The molecule has 2 fully saturated rings. The van der Waals surface area contributed by atoms with Crippen molar-refractivity contribution in [1.29, 1.82) is 0 Å². The van der Waals surface area contributed by atoms with Crippen molar-refractivity contribution in [2.45, 2.75) is 44.1 Å². The summed E-state index contributed by atoms with van der Waals surface area (Å²) in [4.78, 5) is 16.8. The quantitative estimate of drug-likeness (QED) is 0.269. The van der Waals surface area contributed by atoms with E-state index in [2.05, 4.69) is 15.3 Å². The average molecular weight is 582 g/mol. The summed E-state index contributed by atoms with van der Waals surface area (Å²) in [6.07, 6.45) is -5.19. The number of hydrogen-bond donors (Lipinski definition) is 4. The molecule has 0 unspecified atom stereocenters. The first-order valence-corrected chi connectivity index (χ1v) is 13.1. The number of aromatic nitrogens is 3. The van der Waals surface area contributed by atoms with Crippen LogP contribution in [0, 0.1) is 18.6 Å². The van der Waals surface area contributed by atoms with Crippen LogP contribution in [0.25, 0.3) is 22.2 Å². The van der Waals surface area contributed by atoms with E-state index < -0.39 is 70.7 Å². The highest BCUT2D eigenvalue weighted by Gasteiger charge is 2.47. The SMILES string of the molecule is Cc1c(F)c(N)cc(-c2nc3c4c(nc(N5CCC5(CO)CO)nc4c2F)N2CCNC[C@H]2[C@H](C)O3)c1C(F)(F)F. The molecular weight excluding hydrogens is 553 g/mol. The summed E-state index contributed by atoms with van der Waals surface area (Å²) >= 11 is 0. The molecule has 2 atom stereocenters. The van der Waals surface area contributed by atoms with E-state index in [1.165, 1.54) is 0 Å². The fourth-order valence-electron chi connectivity index (χ4n) is 5.97. The van der Waals surface area contributed by atoms with Gasteiger partial charge in [-0.1, -0.05) is 0 Å². The van der Waals surface area contributed by atoms with Gasteiger partial charge in [0.25, 0.3) is 0 Å². The van der Waals surface area contributed by atoms with E-state index in [0.717, 1.165) is 6.92 Å². The third-order valence-corrected chi connectivity index (χ3v) is 8.38. The summed E-state index contributed by atoms with van der Waals surface area (Å²) in [7, 11) is 0. The van der Waals surface area contributed by atoms with Gasteiger partial charge >= 0.3 is 6.18 Å². The number of pyridine rings is 1. The van der Waals surface area contributed by atoms with Crippen LogP contribution in [0.15, 0.2) is 6.07 Å². The van der Waals surface area contributed by atoms with Gasteiger partial charge in [-0.15, -0.1) is 0 Å². The molecule has 2 saturated heterocycles. The van der Waals surface area contributed by atoms with Crippen molar-refractivity contribution < 1.29 is 36.9 Å². The van der Waals surface area contributed by atoms with Crippen LogP contribution in [0.1, 0.15) is 24.5 Å². The van der Waals surface area contributed by atoms with Gasteiger partial charge in [-0.25, -0.2) is 18.7 Å². The maximum absolute atomic E-state index is 16.5. The second-order valence-electron chi connectivity index (χ2n) is 10.7.